The minimum absolute atomic E-state index is 0.211. The van der Waals surface area contributed by atoms with E-state index in [1.807, 2.05) is 18.2 Å². The molecule has 0 heterocycles. The fourth-order valence-electron chi connectivity index (χ4n) is 1.45. The molecule has 0 fully saturated rings. The van der Waals surface area contributed by atoms with Crippen molar-refractivity contribution in [3.8, 4) is 11.5 Å². The van der Waals surface area contributed by atoms with E-state index in [0.29, 0.717) is 0 Å². The first-order valence-corrected chi connectivity index (χ1v) is 5.17. The third-order valence-electron chi connectivity index (χ3n) is 2.47. The second kappa shape index (κ2) is 5.61. The monoisotopic (exact) mass is 209 g/mol. The number of ether oxygens (including phenoxy) is 2. The van der Waals surface area contributed by atoms with E-state index in [-0.39, 0.29) is 6.04 Å². The van der Waals surface area contributed by atoms with E-state index in [9.17, 15) is 0 Å². The quantitative estimate of drug-likeness (QED) is 0.806. The average molecular weight is 209 g/mol. The summed E-state index contributed by atoms with van der Waals surface area (Å²) < 4.78 is 10.4. The molecule has 0 bridgehead atoms. The van der Waals surface area contributed by atoms with Gasteiger partial charge in [0, 0.05) is 6.04 Å². The van der Waals surface area contributed by atoms with Gasteiger partial charge in [0.1, 0.15) is 0 Å². The predicted molar refractivity (Wildman–Crippen MR) is 61.5 cm³/mol. The van der Waals surface area contributed by atoms with E-state index >= 15 is 0 Å². The molecule has 0 saturated heterocycles. The van der Waals surface area contributed by atoms with Crippen LogP contribution >= 0.6 is 0 Å². The molecule has 0 spiro atoms. The fraction of sp³-hybridized carbons (Fsp3) is 0.500. The molecule has 1 rings (SSSR count). The van der Waals surface area contributed by atoms with E-state index in [2.05, 4.69) is 6.92 Å². The largest absolute Gasteiger partial charge is 0.493 e. The summed E-state index contributed by atoms with van der Waals surface area (Å²) in [5.41, 5.74) is 7.08. The zero-order valence-electron chi connectivity index (χ0n) is 9.62. The molecule has 15 heavy (non-hydrogen) atoms. The summed E-state index contributed by atoms with van der Waals surface area (Å²) in [6, 6.07) is 6.13. The Bertz CT molecular complexity index is 312. The summed E-state index contributed by atoms with van der Waals surface area (Å²) in [5, 5.41) is 0. The first kappa shape index (κ1) is 11.9. The molecule has 1 atom stereocenters. The van der Waals surface area contributed by atoms with Crippen LogP contribution in [0.2, 0.25) is 0 Å². The van der Waals surface area contributed by atoms with E-state index < -0.39 is 0 Å². The van der Waals surface area contributed by atoms with Crippen LogP contribution in [0.5, 0.6) is 11.5 Å². The summed E-state index contributed by atoms with van der Waals surface area (Å²) in [7, 11) is 3.27. The highest BCUT2D eigenvalue weighted by atomic mass is 16.5. The van der Waals surface area contributed by atoms with Crippen LogP contribution in [0.15, 0.2) is 18.2 Å². The molecule has 0 radical (unpaired) electrons. The van der Waals surface area contributed by atoms with Crippen LogP contribution in [0.3, 0.4) is 0 Å². The maximum absolute atomic E-state index is 5.90. The van der Waals surface area contributed by atoms with Gasteiger partial charge in [0.25, 0.3) is 0 Å². The standard InChI is InChI=1S/C12H19NO2/c1-4-10(13)7-9-5-6-11(14-2)12(8-9)15-3/h5-6,8,10H,4,7,13H2,1-3H3. The van der Waals surface area contributed by atoms with Crippen molar-refractivity contribution in [1.82, 2.24) is 0 Å². The number of methoxy groups -OCH3 is 2. The summed E-state index contributed by atoms with van der Waals surface area (Å²) in [6.07, 6.45) is 1.85. The lowest BCUT2D eigenvalue weighted by Gasteiger charge is -2.12. The molecule has 3 heteroatoms. The predicted octanol–water partition coefficient (Wildman–Crippen LogP) is 1.98. The Kier molecular flexibility index (Phi) is 4.43. The minimum Gasteiger partial charge on any atom is -0.493 e. The zero-order valence-corrected chi connectivity index (χ0v) is 9.62. The molecule has 1 unspecified atom stereocenters. The van der Waals surface area contributed by atoms with Crippen LogP contribution < -0.4 is 15.2 Å². The van der Waals surface area contributed by atoms with Crippen molar-refractivity contribution in [2.75, 3.05) is 14.2 Å². The lowest BCUT2D eigenvalue weighted by molar-refractivity contribution is 0.354. The maximum Gasteiger partial charge on any atom is 0.160 e. The Morgan fingerprint density at radius 1 is 1.20 bits per heavy atom. The lowest BCUT2D eigenvalue weighted by Crippen LogP contribution is -2.21. The molecule has 0 aliphatic rings. The molecule has 84 valence electrons. The van der Waals surface area contributed by atoms with Gasteiger partial charge in [-0.3, -0.25) is 0 Å². The first-order chi connectivity index (χ1) is 7.21. The van der Waals surface area contributed by atoms with Gasteiger partial charge in [0.05, 0.1) is 14.2 Å². The fourth-order valence-corrected chi connectivity index (χ4v) is 1.45. The molecule has 3 nitrogen and oxygen atoms in total. The SMILES string of the molecule is CCC(N)Cc1ccc(OC)c(OC)c1. The third kappa shape index (κ3) is 3.13. The van der Waals surface area contributed by atoms with Gasteiger partial charge in [-0.05, 0) is 30.5 Å². The highest BCUT2D eigenvalue weighted by Gasteiger charge is 2.06. The van der Waals surface area contributed by atoms with Crippen molar-refractivity contribution in [2.45, 2.75) is 25.8 Å². The Labute approximate surface area is 91.2 Å². The van der Waals surface area contributed by atoms with Crippen molar-refractivity contribution in [1.29, 1.82) is 0 Å². The highest BCUT2D eigenvalue weighted by molar-refractivity contribution is 5.43. The highest BCUT2D eigenvalue weighted by Crippen LogP contribution is 2.27. The summed E-state index contributed by atoms with van der Waals surface area (Å²) >= 11 is 0. The van der Waals surface area contributed by atoms with Crippen molar-refractivity contribution < 1.29 is 9.47 Å². The van der Waals surface area contributed by atoms with Gasteiger partial charge in [-0.1, -0.05) is 13.0 Å². The maximum atomic E-state index is 5.90. The molecule has 0 aliphatic carbocycles. The van der Waals surface area contributed by atoms with Crippen LogP contribution in [0.4, 0.5) is 0 Å². The number of rotatable bonds is 5. The molecule has 0 aromatic heterocycles. The van der Waals surface area contributed by atoms with Crippen molar-refractivity contribution in [3.63, 3.8) is 0 Å². The second-order valence-electron chi connectivity index (χ2n) is 3.56. The molecular formula is C12H19NO2. The van der Waals surface area contributed by atoms with Crippen LogP contribution in [-0.2, 0) is 6.42 Å². The van der Waals surface area contributed by atoms with E-state index in [1.165, 1.54) is 5.56 Å². The van der Waals surface area contributed by atoms with E-state index in [1.54, 1.807) is 14.2 Å². The van der Waals surface area contributed by atoms with Gasteiger partial charge in [-0.25, -0.2) is 0 Å². The van der Waals surface area contributed by atoms with Crippen LogP contribution in [-0.4, -0.2) is 20.3 Å². The topological polar surface area (TPSA) is 44.5 Å². The molecule has 0 aliphatic heterocycles. The summed E-state index contributed by atoms with van der Waals surface area (Å²) in [4.78, 5) is 0. The smallest absolute Gasteiger partial charge is 0.160 e. The van der Waals surface area contributed by atoms with E-state index in [4.69, 9.17) is 15.2 Å². The molecule has 1 aromatic rings. The molecule has 0 amide bonds. The summed E-state index contributed by atoms with van der Waals surface area (Å²) in [5.74, 6) is 1.52. The Hall–Kier alpha value is -1.22. The third-order valence-corrected chi connectivity index (χ3v) is 2.47. The van der Waals surface area contributed by atoms with Crippen molar-refractivity contribution in [2.24, 2.45) is 5.73 Å². The number of hydrogen-bond acceptors (Lipinski definition) is 3. The second-order valence-corrected chi connectivity index (χ2v) is 3.56. The van der Waals surface area contributed by atoms with Crippen LogP contribution in [0, 0.1) is 0 Å². The zero-order chi connectivity index (χ0) is 11.3. The Morgan fingerprint density at radius 3 is 2.40 bits per heavy atom. The van der Waals surface area contributed by atoms with E-state index in [0.717, 1.165) is 24.3 Å². The van der Waals surface area contributed by atoms with Gasteiger partial charge in [0.15, 0.2) is 11.5 Å². The lowest BCUT2D eigenvalue weighted by atomic mass is 10.0. The number of benzene rings is 1. The Balaban J connectivity index is 2.83. The van der Waals surface area contributed by atoms with Gasteiger partial charge >= 0.3 is 0 Å². The average Bonchev–Trinajstić information content (AvgIpc) is 2.28. The van der Waals surface area contributed by atoms with Gasteiger partial charge < -0.3 is 15.2 Å². The summed E-state index contributed by atoms with van der Waals surface area (Å²) in [6.45, 7) is 2.09. The number of nitrogens with two attached hydrogens (primary N) is 1. The van der Waals surface area contributed by atoms with Gasteiger partial charge in [0.2, 0.25) is 0 Å². The molecular weight excluding hydrogens is 190 g/mol. The van der Waals surface area contributed by atoms with Gasteiger partial charge in [-0.2, -0.15) is 0 Å². The normalized spacial score (nSPS) is 12.3. The minimum atomic E-state index is 0.211. The van der Waals surface area contributed by atoms with Gasteiger partial charge in [-0.15, -0.1) is 0 Å². The van der Waals surface area contributed by atoms with Crippen LogP contribution in [0.25, 0.3) is 0 Å². The van der Waals surface area contributed by atoms with Crippen molar-refractivity contribution in [3.05, 3.63) is 23.8 Å². The Morgan fingerprint density at radius 2 is 1.87 bits per heavy atom. The van der Waals surface area contributed by atoms with Crippen molar-refractivity contribution >= 4 is 0 Å². The first-order valence-electron chi connectivity index (χ1n) is 5.17. The number of hydrogen-bond donors (Lipinski definition) is 1. The molecule has 0 saturated carbocycles. The molecule has 1 aromatic carbocycles. The molecule has 2 N–H and O–H groups in total. The van der Waals surface area contributed by atoms with Crippen LogP contribution in [0.1, 0.15) is 18.9 Å².